The maximum absolute atomic E-state index is 2.28. The summed E-state index contributed by atoms with van der Waals surface area (Å²) in [5.74, 6) is 0. The number of hydrogen-bond acceptors (Lipinski definition) is 1. The van der Waals surface area contributed by atoms with Gasteiger partial charge in [0.2, 0.25) is 0 Å². The first-order valence-electron chi connectivity index (χ1n) is 7.24. The summed E-state index contributed by atoms with van der Waals surface area (Å²) in [5.41, 5.74) is 1.37. The Kier molecular flexibility index (Phi) is 4.22. The van der Waals surface area contributed by atoms with Gasteiger partial charge >= 0.3 is 0 Å². The molecule has 0 saturated heterocycles. The quantitative estimate of drug-likeness (QED) is 0.774. The molecule has 2 aromatic rings. The fourth-order valence-electron chi connectivity index (χ4n) is 2.71. The monoisotopic (exact) mass is 293 g/mol. The lowest BCUT2D eigenvalue weighted by Gasteiger charge is -2.24. The fraction of sp³-hybridized carbons (Fsp3) is 0.158. The summed E-state index contributed by atoms with van der Waals surface area (Å²) < 4.78 is 0. The van der Waals surface area contributed by atoms with Crippen LogP contribution < -0.4 is 10.6 Å². The summed E-state index contributed by atoms with van der Waals surface area (Å²) in [6.07, 6.45) is 5.60. The van der Waals surface area contributed by atoms with Crippen LogP contribution in [0.2, 0.25) is 0 Å². The van der Waals surface area contributed by atoms with Crippen molar-refractivity contribution in [2.45, 2.75) is 6.42 Å². The van der Waals surface area contributed by atoms with Gasteiger partial charge in [0.25, 0.3) is 0 Å². The first-order valence-corrected chi connectivity index (χ1v) is 8.59. The predicted octanol–water partition coefficient (Wildman–Crippen LogP) is 3.85. The highest BCUT2D eigenvalue weighted by atomic mass is 31.1. The van der Waals surface area contributed by atoms with Crippen molar-refractivity contribution in [3.05, 3.63) is 83.8 Å². The first-order chi connectivity index (χ1) is 10.3. The van der Waals surface area contributed by atoms with E-state index in [1.807, 2.05) is 0 Å². The summed E-state index contributed by atoms with van der Waals surface area (Å²) in [6, 6.07) is 21.8. The lowest BCUT2D eigenvalue weighted by atomic mass is 10.4. The Morgan fingerprint density at radius 3 is 1.81 bits per heavy atom. The molecule has 0 atom stereocenters. The van der Waals surface area contributed by atoms with E-state index in [4.69, 9.17) is 0 Å². The number of likely N-dealkylation sites (N-methyl/N-ethyl adjacent to an activating group) is 1. The molecule has 106 valence electrons. The van der Waals surface area contributed by atoms with Crippen LogP contribution in [0.4, 0.5) is 0 Å². The van der Waals surface area contributed by atoms with Crippen LogP contribution in [0.15, 0.2) is 83.8 Å². The molecule has 2 aromatic carbocycles. The van der Waals surface area contributed by atoms with Gasteiger partial charge in [-0.1, -0.05) is 66.7 Å². The molecule has 1 aliphatic carbocycles. The zero-order valence-electron chi connectivity index (χ0n) is 12.5. The molecule has 0 bridgehead atoms. The molecule has 2 heteroatoms. The van der Waals surface area contributed by atoms with E-state index in [1.165, 1.54) is 16.3 Å². The third kappa shape index (κ3) is 2.94. The summed E-state index contributed by atoms with van der Waals surface area (Å²) >= 11 is 0. The third-order valence-corrected chi connectivity index (χ3v) is 6.24. The molecule has 0 spiro atoms. The Morgan fingerprint density at radius 1 is 0.810 bits per heavy atom. The standard InChI is InChI=1S/C19H20NP/c1-20(2)18-14-9-15-19(18)21(16-10-5-3-6-11-16)17-12-7-4-8-13-17/h3-14H,15H2,1-2H3. The summed E-state index contributed by atoms with van der Waals surface area (Å²) in [6.45, 7) is 0. The van der Waals surface area contributed by atoms with Gasteiger partial charge in [-0.05, 0) is 36.3 Å². The highest BCUT2D eigenvalue weighted by molar-refractivity contribution is 7.76. The average Bonchev–Trinajstić information content (AvgIpc) is 2.99. The lowest BCUT2D eigenvalue weighted by molar-refractivity contribution is 0.529. The van der Waals surface area contributed by atoms with Gasteiger partial charge in [-0.25, -0.2) is 0 Å². The molecule has 0 amide bonds. The van der Waals surface area contributed by atoms with E-state index >= 15 is 0 Å². The third-order valence-electron chi connectivity index (χ3n) is 3.66. The SMILES string of the molecule is CN(C)C1=C(P(c2ccccc2)c2ccccc2)CC=C1. The highest BCUT2D eigenvalue weighted by Gasteiger charge is 2.23. The van der Waals surface area contributed by atoms with Gasteiger partial charge in [0, 0.05) is 19.8 Å². The number of benzene rings is 2. The molecule has 21 heavy (non-hydrogen) atoms. The molecule has 0 fully saturated rings. The average molecular weight is 293 g/mol. The van der Waals surface area contributed by atoms with Gasteiger partial charge in [0.05, 0.1) is 0 Å². The molecule has 1 aliphatic rings. The molecular weight excluding hydrogens is 273 g/mol. The van der Waals surface area contributed by atoms with Crippen molar-refractivity contribution in [1.82, 2.24) is 4.90 Å². The second-order valence-electron chi connectivity index (χ2n) is 5.34. The Bertz CT molecular complexity index is 617. The van der Waals surface area contributed by atoms with Crippen molar-refractivity contribution in [2.75, 3.05) is 14.1 Å². The summed E-state index contributed by atoms with van der Waals surface area (Å²) in [5, 5.41) is 4.40. The first kappa shape index (κ1) is 14.1. The van der Waals surface area contributed by atoms with Crippen LogP contribution >= 0.6 is 7.92 Å². The molecule has 0 aliphatic heterocycles. The zero-order valence-corrected chi connectivity index (χ0v) is 13.4. The van der Waals surface area contributed by atoms with Crippen molar-refractivity contribution < 1.29 is 0 Å². The normalized spacial score (nSPS) is 14.0. The predicted molar refractivity (Wildman–Crippen MR) is 93.5 cm³/mol. The van der Waals surface area contributed by atoms with E-state index in [-0.39, 0.29) is 0 Å². The van der Waals surface area contributed by atoms with Gasteiger partial charge in [0.1, 0.15) is 0 Å². The molecule has 0 radical (unpaired) electrons. The van der Waals surface area contributed by atoms with Gasteiger partial charge in [0.15, 0.2) is 0 Å². The van der Waals surface area contributed by atoms with Crippen molar-refractivity contribution in [3.63, 3.8) is 0 Å². The molecule has 1 nitrogen and oxygen atoms in total. The van der Waals surface area contributed by atoms with E-state index in [2.05, 4.69) is 91.8 Å². The Labute approximate surface area is 128 Å². The maximum Gasteiger partial charge on any atom is 0.0404 e. The zero-order chi connectivity index (χ0) is 14.7. The Balaban J connectivity index is 2.12. The minimum absolute atomic E-state index is 0.448. The molecule has 0 heterocycles. The highest BCUT2D eigenvalue weighted by Crippen LogP contribution is 2.48. The number of allylic oxidation sites excluding steroid dienone is 3. The van der Waals surface area contributed by atoms with E-state index in [0.29, 0.717) is 0 Å². The van der Waals surface area contributed by atoms with Gasteiger partial charge in [-0.2, -0.15) is 0 Å². The largest absolute Gasteiger partial charge is 0.377 e. The van der Waals surface area contributed by atoms with Crippen LogP contribution in [0, 0.1) is 0 Å². The second-order valence-corrected chi connectivity index (χ2v) is 7.58. The topological polar surface area (TPSA) is 3.24 Å². The smallest absolute Gasteiger partial charge is 0.0404 e. The Morgan fingerprint density at radius 2 is 1.33 bits per heavy atom. The van der Waals surface area contributed by atoms with E-state index in [0.717, 1.165) is 6.42 Å². The lowest BCUT2D eigenvalue weighted by Crippen LogP contribution is -2.16. The van der Waals surface area contributed by atoms with Gasteiger partial charge in [-0.15, -0.1) is 0 Å². The maximum atomic E-state index is 2.28. The molecule has 0 N–H and O–H groups in total. The van der Waals surface area contributed by atoms with Crippen LogP contribution in [0.5, 0.6) is 0 Å². The van der Waals surface area contributed by atoms with E-state index < -0.39 is 7.92 Å². The van der Waals surface area contributed by atoms with E-state index in [9.17, 15) is 0 Å². The fourth-order valence-corrected chi connectivity index (χ4v) is 5.36. The van der Waals surface area contributed by atoms with Crippen molar-refractivity contribution in [2.24, 2.45) is 0 Å². The van der Waals surface area contributed by atoms with Crippen molar-refractivity contribution in [1.29, 1.82) is 0 Å². The van der Waals surface area contributed by atoms with E-state index in [1.54, 1.807) is 5.31 Å². The molecule has 3 rings (SSSR count). The van der Waals surface area contributed by atoms with Gasteiger partial charge in [-0.3, -0.25) is 0 Å². The van der Waals surface area contributed by atoms with Gasteiger partial charge < -0.3 is 4.90 Å². The van der Waals surface area contributed by atoms with Crippen LogP contribution in [0.25, 0.3) is 0 Å². The van der Waals surface area contributed by atoms with Crippen LogP contribution in [-0.2, 0) is 0 Å². The Hall–Kier alpha value is -1.85. The number of hydrogen-bond donors (Lipinski definition) is 0. The number of nitrogens with zero attached hydrogens (tertiary/aromatic N) is 1. The summed E-state index contributed by atoms with van der Waals surface area (Å²) in [7, 11) is 3.82. The van der Waals surface area contributed by atoms with Crippen molar-refractivity contribution >= 4 is 18.5 Å². The second kappa shape index (κ2) is 6.28. The minimum Gasteiger partial charge on any atom is -0.377 e. The van der Waals surface area contributed by atoms with Crippen LogP contribution in [-0.4, -0.2) is 19.0 Å². The molecular formula is C19H20NP. The van der Waals surface area contributed by atoms with Crippen LogP contribution in [0.1, 0.15) is 6.42 Å². The number of rotatable bonds is 4. The molecule has 0 aromatic heterocycles. The molecule has 0 saturated carbocycles. The minimum atomic E-state index is -0.448. The molecule has 0 unspecified atom stereocenters. The van der Waals surface area contributed by atoms with Crippen molar-refractivity contribution in [3.8, 4) is 0 Å². The summed E-state index contributed by atoms with van der Waals surface area (Å²) in [4.78, 5) is 2.24. The van der Waals surface area contributed by atoms with Crippen LogP contribution in [0.3, 0.4) is 0 Å².